The zero-order chi connectivity index (χ0) is 17.1. The van der Waals surface area contributed by atoms with Crippen LogP contribution in [0, 0.1) is 0 Å². The van der Waals surface area contributed by atoms with Crippen molar-refractivity contribution in [1.82, 2.24) is 0 Å². The van der Waals surface area contributed by atoms with Crippen molar-refractivity contribution in [1.29, 1.82) is 0 Å². The molecule has 2 aliphatic rings. The number of hydrogen-bond acceptors (Lipinski definition) is 7. The maximum atomic E-state index is 10.5. The minimum absolute atomic E-state index is 0.121. The van der Waals surface area contributed by atoms with Gasteiger partial charge >= 0.3 is 8.80 Å². The third kappa shape index (κ3) is 7.45. The van der Waals surface area contributed by atoms with Crippen LogP contribution in [0.4, 0.5) is 0 Å². The van der Waals surface area contributed by atoms with Crippen LogP contribution in [-0.2, 0) is 27.8 Å². The van der Waals surface area contributed by atoms with Crippen LogP contribution in [0.3, 0.4) is 0 Å². The number of rotatable bonds is 13. The van der Waals surface area contributed by atoms with Gasteiger partial charge in [-0.1, -0.05) is 12.8 Å². The van der Waals surface area contributed by atoms with E-state index in [0.717, 1.165) is 19.3 Å². The van der Waals surface area contributed by atoms with Gasteiger partial charge in [-0.15, -0.1) is 0 Å². The summed E-state index contributed by atoms with van der Waals surface area (Å²) >= 11 is 0. The fourth-order valence-electron chi connectivity index (χ4n) is 3.03. The molecule has 1 N–H and O–H groups in total. The second-order valence-corrected chi connectivity index (χ2v) is 8.64. The summed E-state index contributed by atoms with van der Waals surface area (Å²) in [5.41, 5.74) is 0. The normalized spacial score (nSPS) is 29.8. The van der Waals surface area contributed by atoms with Crippen molar-refractivity contribution in [3.8, 4) is 0 Å². The van der Waals surface area contributed by atoms with Gasteiger partial charge in [0.2, 0.25) is 0 Å². The Kier molecular flexibility index (Phi) is 9.73. The highest BCUT2D eigenvalue weighted by Crippen LogP contribution is 2.35. The van der Waals surface area contributed by atoms with Gasteiger partial charge in [0.15, 0.2) is 0 Å². The van der Waals surface area contributed by atoms with Gasteiger partial charge in [0, 0.05) is 19.8 Å². The monoisotopic (exact) mass is 364 g/mol. The molecule has 0 spiro atoms. The van der Waals surface area contributed by atoms with E-state index in [-0.39, 0.29) is 12.2 Å². The molecule has 0 amide bonds. The zero-order valence-electron chi connectivity index (χ0n) is 14.7. The van der Waals surface area contributed by atoms with Crippen LogP contribution < -0.4 is 0 Å². The standard InChI is InChI=1S/C16H32O7Si/c1-18-8-9-20-12-13-21-11-10-19-7-4-14-24(17)22-15-5-2-3-6-16(15)23-24/h15-17H,2-14H2,1H3. The van der Waals surface area contributed by atoms with Gasteiger partial charge in [0.05, 0.1) is 51.8 Å². The fraction of sp³-hybridized carbons (Fsp3) is 1.00. The molecule has 1 aliphatic carbocycles. The van der Waals surface area contributed by atoms with Crippen LogP contribution in [0.25, 0.3) is 0 Å². The molecule has 8 heteroatoms. The Hall–Kier alpha value is -0.0631. The number of ether oxygens (including phenoxy) is 4. The smallest absolute Gasteiger partial charge is 0.390 e. The molecular formula is C16H32O7Si. The van der Waals surface area contributed by atoms with E-state index in [4.69, 9.17) is 27.8 Å². The first-order valence-corrected chi connectivity index (χ1v) is 11.0. The Morgan fingerprint density at radius 2 is 1.33 bits per heavy atom. The van der Waals surface area contributed by atoms with Crippen molar-refractivity contribution in [2.45, 2.75) is 50.4 Å². The van der Waals surface area contributed by atoms with Crippen molar-refractivity contribution in [3.63, 3.8) is 0 Å². The van der Waals surface area contributed by atoms with Gasteiger partial charge in [-0.05, 0) is 19.3 Å². The molecule has 2 fully saturated rings. The SMILES string of the molecule is COCCOCCOCCOCCC[Si]1(O)OC2CCCCC2O1. The van der Waals surface area contributed by atoms with Crippen molar-refractivity contribution in [3.05, 3.63) is 0 Å². The molecule has 1 aliphatic heterocycles. The Balaban J connectivity index is 1.39. The first kappa shape index (κ1) is 20.3. The van der Waals surface area contributed by atoms with Crippen LogP contribution in [0.2, 0.25) is 6.04 Å². The van der Waals surface area contributed by atoms with Crippen LogP contribution >= 0.6 is 0 Å². The molecule has 0 radical (unpaired) electrons. The van der Waals surface area contributed by atoms with Crippen molar-refractivity contribution in [2.75, 3.05) is 53.4 Å². The minimum atomic E-state index is -2.95. The average molecular weight is 365 g/mol. The van der Waals surface area contributed by atoms with E-state index >= 15 is 0 Å². The topological polar surface area (TPSA) is 75.6 Å². The lowest BCUT2D eigenvalue weighted by Crippen LogP contribution is -2.37. The first-order chi connectivity index (χ1) is 11.7. The summed E-state index contributed by atoms with van der Waals surface area (Å²) < 4.78 is 32.7. The third-order valence-electron chi connectivity index (χ3n) is 4.27. The predicted octanol–water partition coefficient (Wildman–Crippen LogP) is 1.36. The summed E-state index contributed by atoms with van der Waals surface area (Å²) in [6, 6.07) is 0.578. The van der Waals surface area contributed by atoms with Crippen LogP contribution in [0.1, 0.15) is 32.1 Å². The molecule has 1 saturated heterocycles. The lowest BCUT2D eigenvalue weighted by Gasteiger charge is -2.22. The Morgan fingerprint density at radius 3 is 1.88 bits per heavy atom. The summed E-state index contributed by atoms with van der Waals surface area (Å²) in [6.07, 6.45) is 5.38. The molecule has 2 atom stereocenters. The fourth-order valence-corrected chi connectivity index (χ4v) is 5.40. The quantitative estimate of drug-likeness (QED) is 0.391. The molecule has 24 heavy (non-hydrogen) atoms. The van der Waals surface area contributed by atoms with Gasteiger partial charge in [0.25, 0.3) is 0 Å². The second kappa shape index (κ2) is 11.5. The minimum Gasteiger partial charge on any atom is -0.390 e. The molecule has 142 valence electrons. The first-order valence-electron chi connectivity index (χ1n) is 9.04. The maximum Gasteiger partial charge on any atom is 0.498 e. The van der Waals surface area contributed by atoms with Gasteiger partial charge < -0.3 is 32.6 Å². The van der Waals surface area contributed by atoms with Crippen LogP contribution in [-0.4, -0.2) is 79.2 Å². The van der Waals surface area contributed by atoms with E-state index in [0.29, 0.717) is 52.3 Å². The zero-order valence-corrected chi connectivity index (χ0v) is 15.7. The Morgan fingerprint density at radius 1 is 0.833 bits per heavy atom. The summed E-state index contributed by atoms with van der Waals surface area (Å²) in [4.78, 5) is 10.5. The number of hydrogen-bond donors (Lipinski definition) is 1. The van der Waals surface area contributed by atoms with E-state index in [1.54, 1.807) is 7.11 Å². The van der Waals surface area contributed by atoms with Gasteiger partial charge in [-0.25, -0.2) is 0 Å². The molecule has 7 nitrogen and oxygen atoms in total. The third-order valence-corrected chi connectivity index (χ3v) is 6.60. The molecule has 0 aromatic carbocycles. The van der Waals surface area contributed by atoms with E-state index in [1.807, 2.05) is 0 Å². The molecule has 0 aromatic heterocycles. The average Bonchev–Trinajstić information content (AvgIpc) is 2.92. The predicted molar refractivity (Wildman–Crippen MR) is 89.9 cm³/mol. The van der Waals surface area contributed by atoms with E-state index < -0.39 is 8.80 Å². The van der Waals surface area contributed by atoms with E-state index in [9.17, 15) is 4.80 Å². The highest BCUT2D eigenvalue weighted by atomic mass is 28.4. The largest absolute Gasteiger partial charge is 0.498 e. The van der Waals surface area contributed by atoms with Gasteiger partial charge in [0.1, 0.15) is 0 Å². The summed E-state index contributed by atoms with van der Waals surface area (Å²) in [7, 11) is -1.30. The van der Waals surface area contributed by atoms with Crippen molar-refractivity contribution >= 4 is 8.80 Å². The Labute approximate surface area is 145 Å². The Bertz CT molecular complexity index is 318. The molecule has 2 rings (SSSR count). The highest BCUT2D eigenvalue weighted by Gasteiger charge is 2.50. The summed E-state index contributed by atoms with van der Waals surface area (Å²) in [6.45, 7) is 4.01. The highest BCUT2D eigenvalue weighted by molar-refractivity contribution is 6.59. The second-order valence-electron chi connectivity index (χ2n) is 6.24. The molecule has 0 aromatic rings. The van der Waals surface area contributed by atoms with Crippen LogP contribution in [0.15, 0.2) is 0 Å². The van der Waals surface area contributed by atoms with Crippen molar-refractivity contribution in [2.24, 2.45) is 0 Å². The van der Waals surface area contributed by atoms with E-state index in [1.165, 1.54) is 12.8 Å². The van der Waals surface area contributed by atoms with E-state index in [2.05, 4.69) is 0 Å². The molecular weight excluding hydrogens is 332 g/mol. The number of methoxy groups -OCH3 is 1. The lowest BCUT2D eigenvalue weighted by molar-refractivity contribution is 0.00346. The lowest BCUT2D eigenvalue weighted by atomic mass is 9.95. The molecule has 1 saturated carbocycles. The molecule has 0 bridgehead atoms. The maximum absolute atomic E-state index is 10.5. The van der Waals surface area contributed by atoms with Gasteiger partial charge in [-0.2, -0.15) is 0 Å². The van der Waals surface area contributed by atoms with Crippen LogP contribution in [0.5, 0.6) is 0 Å². The summed E-state index contributed by atoms with van der Waals surface area (Å²) in [5.74, 6) is 0. The van der Waals surface area contributed by atoms with Crippen molar-refractivity contribution < 1.29 is 32.6 Å². The molecule has 1 heterocycles. The number of fused-ring (bicyclic) bond motifs is 1. The molecule has 2 unspecified atom stereocenters. The van der Waals surface area contributed by atoms with Gasteiger partial charge in [-0.3, -0.25) is 0 Å². The summed E-state index contributed by atoms with van der Waals surface area (Å²) in [5, 5.41) is 0.